The average molecular weight is 146 g/mol. The number of nitrogens with one attached hydrogen (secondary N) is 1. The van der Waals surface area contributed by atoms with E-state index in [2.05, 4.69) is 10.2 Å². The van der Waals surface area contributed by atoms with Gasteiger partial charge in [-0.05, 0) is 12.0 Å². The number of hydrogen-bond donors (Lipinski definition) is 1. The quantitative estimate of drug-likeness (QED) is 0.678. The molecule has 1 aromatic heterocycles. The molecule has 1 heterocycles. The summed E-state index contributed by atoms with van der Waals surface area (Å²) >= 11 is 0. The molecule has 0 aromatic carbocycles. The molecule has 0 atom stereocenters. The summed E-state index contributed by atoms with van der Waals surface area (Å²) in [5, 5.41) is 5.77. The third-order valence-corrected chi connectivity index (χ3v) is 1.35. The molecular formula is C6H8F2N2. The van der Waals surface area contributed by atoms with Gasteiger partial charge in [-0.1, -0.05) is 6.92 Å². The summed E-state index contributed by atoms with van der Waals surface area (Å²) in [6, 6.07) is 0. The van der Waals surface area contributed by atoms with Gasteiger partial charge in [0.2, 0.25) is 0 Å². The Kier molecular flexibility index (Phi) is 1.99. The Labute approximate surface area is 57.3 Å². The number of alkyl halides is 2. The SMILES string of the molecule is CCc1cn[nH]c1C(F)F. The van der Waals surface area contributed by atoms with Crippen LogP contribution in [0, 0.1) is 0 Å². The highest BCUT2D eigenvalue weighted by Crippen LogP contribution is 2.19. The van der Waals surface area contributed by atoms with Gasteiger partial charge in [-0.15, -0.1) is 0 Å². The minimum atomic E-state index is -2.43. The molecule has 1 rings (SSSR count). The van der Waals surface area contributed by atoms with Gasteiger partial charge in [-0.2, -0.15) is 5.10 Å². The number of aromatic amines is 1. The van der Waals surface area contributed by atoms with Gasteiger partial charge in [-0.25, -0.2) is 8.78 Å². The van der Waals surface area contributed by atoms with Crippen LogP contribution in [0.1, 0.15) is 24.6 Å². The van der Waals surface area contributed by atoms with Crippen molar-refractivity contribution in [1.82, 2.24) is 10.2 Å². The van der Waals surface area contributed by atoms with Crippen molar-refractivity contribution in [3.63, 3.8) is 0 Å². The molecule has 0 aliphatic carbocycles. The van der Waals surface area contributed by atoms with Gasteiger partial charge >= 0.3 is 0 Å². The predicted octanol–water partition coefficient (Wildman–Crippen LogP) is 1.91. The van der Waals surface area contributed by atoms with Crippen molar-refractivity contribution in [3.8, 4) is 0 Å². The van der Waals surface area contributed by atoms with Crippen LogP contribution in [0.4, 0.5) is 8.78 Å². The fourth-order valence-electron chi connectivity index (χ4n) is 0.792. The van der Waals surface area contributed by atoms with E-state index < -0.39 is 6.43 Å². The van der Waals surface area contributed by atoms with Gasteiger partial charge in [0.05, 0.1) is 6.20 Å². The number of H-pyrrole nitrogens is 1. The first kappa shape index (κ1) is 7.18. The summed E-state index contributed by atoms with van der Waals surface area (Å²) < 4.78 is 24.0. The number of aryl methyl sites for hydroxylation is 1. The van der Waals surface area contributed by atoms with Crippen LogP contribution in [-0.2, 0) is 6.42 Å². The summed E-state index contributed by atoms with van der Waals surface area (Å²) in [4.78, 5) is 0. The van der Waals surface area contributed by atoms with E-state index in [1.54, 1.807) is 0 Å². The summed E-state index contributed by atoms with van der Waals surface area (Å²) in [7, 11) is 0. The second-order valence-electron chi connectivity index (χ2n) is 1.96. The van der Waals surface area contributed by atoms with E-state index in [4.69, 9.17) is 0 Å². The van der Waals surface area contributed by atoms with Crippen LogP contribution in [0.2, 0.25) is 0 Å². The van der Waals surface area contributed by atoms with Gasteiger partial charge in [0.25, 0.3) is 6.43 Å². The molecular weight excluding hydrogens is 138 g/mol. The number of rotatable bonds is 2. The molecule has 2 nitrogen and oxygen atoms in total. The van der Waals surface area contributed by atoms with Gasteiger partial charge < -0.3 is 0 Å². The van der Waals surface area contributed by atoms with Crippen LogP contribution in [0.5, 0.6) is 0 Å². The second kappa shape index (κ2) is 2.77. The van der Waals surface area contributed by atoms with Crippen molar-refractivity contribution in [2.45, 2.75) is 19.8 Å². The maximum atomic E-state index is 12.0. The van der Waals surface area contributed by atoms with Gasteiger partial charge in [0.15, 0.2) is 0 Å². The van der Waals surface area contributed by atoms with Crippen molar-refractivity contribution in [1.29, 1.82) is 0 Å². The monoisotopic (exact) mass is 146 g/mol. The van der Waals surface area contributed by atoms with Crippen LogP contribution in [0.15, 0.2) is 6.20 Å². The summed E-state index contributed by atoms with van der Waals surface area (Å²) in [6.45, 7) is 1.82. The molecule has 0 aliphatic rings. The van der Waals surface area contributed by atoms with Crippen molar-refractivity contribution in [2.75, 3.05) is 0 Å². The molecule has 1 aromatic rings. The Morgan fingerprint density at radius 1 is 1.70 bits per heavy atom. The van der Waals surface area contributed by atoms with Crippen molar-refractivity contribution >= 4 is 0 Å². The highest BCUT2D eigenvalue weighted by molar-refractivity contribution is 5.16. The van der Waals surface area contributed by atoms with Crippen molar-refractivity contribution in [2.24, 2.45) is 0 Å². The normalized spacial score (nSPS) is 10.8. The van der Waals surface area contributed by atoms with Gasteiger partial charge in [0.1, 0.15) is 5.69 Å². The lowest BCUT2D eigenvalue weighted by molar-refractivity contribution is 0.145. The summed E-state index contributed by atoms with van der Waals surface area (Å²) in [5.41, 5.74) is 0.539. The third-order valence-electron chi connectivity index (χ3n) is 1.35. The van der Waals surface area contributed by atoms with Crippen molar-refractivity contribution in [3.05, 3.63) is 17.5 Å². The Morgan fingerprint density at radius 2 is 2.40 bits per heavy atom. The molecule has 4 heteroatoms. The smallest absolute Gasteiger partial charge is 0.276 e. The van der Waals surface area contributed by atoms with E-state index in [1.165, 1.54) is 6.20 Å². The van der Waals surface area contributed by atoms with Crippen LogP contribution in [-0.4, -0.2) is 10.2 Å². The number of hydrogen-bond acceptors (Lipinski definition) is 1. The third kappa shape index (κ3) is 1.15. The molecule has 10 heavy (non-hydrogen) atoms. The highest BCUT2D eigenvalue weighted by atomic mass is 19.3. The van der Waals surface area contributed by atoms with Crippen LogP contribution < -0.4 is 0 Å². The molecule has 0 fully saturated rings. The lowest BCUT2D eigenvalue weighted by atomic mass is 10.2. The largest absolute Gasteiger partial charge is 0.280 e. The van der Waals surface area contributed by atoms with E-state index in [9.17, 15) is 8.78 Å². The fraction of sp³-hybridized carbons (Fsp3) is 0.500. The number of halogens is 2. The zero-order chi connectivity index (χ0) is 7.56. The summed E-state index contributed by atoms with van der Waals surface area (Å²) in [6.07, 6.45) is -0.407. The molecule has 56 valence electrons. The minimum Gasteiger partial charge on any atom is -0.276 e. The zero-order valence-corrected chi connectivity index (χ0v) is 5.56. The Balaban J connectivity index is 2.90. The molecule has 0 aliphatic heterocycles. The van der Waals surface area contributed by atoms with Gasteiger partial charge in [0, 0.05) is 0 Å². The Morgan fingerprint density at radius 3 is 2.80 bits per heavy atom. The first-order valence-corrected chi connectivity index (χ1v) is 3.06. The molecule has 1 N–H and O–H groups in total. The van der Waals surface area contributed by atoms with E-state index in [-0.39, 0.29) is 5.69 Å². The molecule has 0 unspecified atom stereocenters. The van der Waals surface area contributed by atoms with Crippen LogP contribution in [0.3, 0.4) is 0 Å². The van der Waals surface area contributed by atoms with E-state index in [0.29, 0.717) is 12.0 Å². The first-order chi connectivity index (χ1) is 4.75. The number of nitrogens with zero attached hydrogens (tertiary/aromatic N) is 1. The van der Waals surface area contributed by atoms with E-state index >= 15 is 0 Å². The molecule has 0 amide bonds. The maximum absolute atomic E-state index is 12.0. The highest BCUT2D eigenvalue weighted by Gasteiger charge is 2.12. The van der Waals surface area contributed by atoms with Crippen molar-refractivity contribution < 1.29 is 8.78 Å². The van der Waals surface area contributed by atoms with Crippen LogP contribution >= 0.6 is 0 Å². The topological polar surface area (TPSA) is 28.7 Å². The number of aromatic nitrogens is 2. The molecule has 0 radical (unpaired) electrons. The Bertz CT molecular complexity index is 207. The maximum Gasteiger partial charge on any atom is 0.280 e. The molecule has 0 spiro atoms. The van der Waals surface area contributed by atoms with Crippen LogP contribution in [0.25, 0.3) is 0 Å². The fourth-order valence-corrected chi connectivity index (χ4v) is 0.792. The lowest BCUT2D eigenvalue weighted by Gasteiger charge is -1.95. The molecule has 0 saturated heterocycles. The molecule has 0 saturated carbocycles. The second-order valence-corrected chi connectivity index (χ2v) is 1.96. The van der Waals surface area contributed by atoms with E-state index in [1.807, 2.05) is 6.92 Å². The summed E-state index contributed by atoms with van der Waals surface area (Å²) in [5.74, 6) is 0. The first-order valence-electron chi connectivity index (χ1n) is 3.06. The molecule has 0 bridgehead atoms. The average Bonchev–Trinajstić information content (AvgIpc) is 2.33. The lowest BCUT2D eigenvalue weighted by Crippen LogP contribution is -1.89. The minimum absolute atomic E-state index is 0.0532. The standard InChI is InChI=1S/C6H8F2N2/c1-2-4-3-9-10-5(4)6(7)8/h3,6H,2H2,1H3,(H,9,10). The Hall–Kier alpha value is -0.930. The zero-order valence-electron chi connectivity index (χ0n) is 5.56. The van der Waals surface area contributed by atoms with E-state index in [0.717, 1.165) is 0 Å². The predicted molar refractivity (Wildman–Crippen MR) is 32.9 cm³/mol. The van der Waals surface area contributed by atoms with Gasteiger partial charge in [-0.3, -0.25) is 5.10 Å².